The number of benzene rings is 2. The van der Waals surface area contributed by atoms with Crippen LogP contribution in [0.3, 0.4) is 0 Å². The monoisotopic (exact) mass is 496 g/mol. The summed E-state index contributed by atoms with van der Waals surface area (Å²) in [4.78, 5) is 14.5. The molecule has 1 amide bonds. The summed E-state index contributed by atoms with van der Waals surface area (Å²) in [6, 6.07) is 13.1. The van der Waals surface area contributed by atoms with Gasteiger partial charge >= 0.3 is 0 Å². The van der Waals surface area contributed by atoms with E-state index in [1.165, 1.54) is 11.8 Å². The Hall–Kier alpha value is -3.66. The third kappa shape index (κ3) is 5.54. The minimum atomic E-state index is -0.407. The third-order valence-corrected chi connectivity index (χ3v) is 6.42. The number of para-hydroxylation sites is 2. The van der Waals surface area contributed by atoms with E-state index in [-0.39, 0.29) is 11.7 Å². The Balaban J connectivity index is 1.41. The zero-order valence-corrected chi connectivity index (χ0v) is 20.8. The van der Waals surface area contributed by atoms with E-state index in [1.807, 2.05) is 47.0 Å². The number of allylic oxidation sites excluding steroid dienone is 1. The van der Waals surface area contributed by atoms with Crippen molar-refractivity contribution in [1.29, 1.82) is 0 Å². The Morgan fingerprint density at radius 1 is 1.20 bits per heavy atom. The molecular weight excluding hydrogens is 468 g/mol. The molecule has 2 heterocycles. The molecule has 0 aliphatic carbocycles. The van der Waals surface area contributed by atoms with E-state index in [9.17, 15) is 4.79 Å². The van der Waals surface area contributed by atoms with Crippen molar-refractivity contribution in [3.05, 3.63) is 66.5 Å². The van der Waals surface area contributed by atoms with Crippen molar-refractivity contribution in [2.24, 2.45) is 0 Å². The Morgan fingerprint density at radius 2 is 1.97 bits per heavy atom. The highest BCUT2D eigenvalue weighted by molar-refractivity contribution is 7.99. The van der Waals surface area contributed by atoms with E-state index in [1.54, 1.807) is 32.2 Å². The predicted octanol–water partition coefficient (Wildman–Crippen LogP) is 3.74. The molecule has 0 saturated heterocycles. The first kappa shape index (κ1) is 24.5. The Morgan fingerprint density at radius 3 is 2.71 bits per heavy atom. The highest BCUT2D eigenvalue weighted by Crippen LogP contribution is 2.36. The molecule has 0 bridgehead atoms. The van der Waals surface area contributed by atoms with E-state index in [2.05, 4.69) is 16.8 Å². The first-order valence-corrected chi connectivity index (χ1v) is 12.0. The van der Waals surface area contributed by atoms with Gasteiger partial charge in [-0.25, -0.2) is 0 Å². The fourth-order valence-electron chi connectivity index (χ4n) is 3.67. The first-order valence-electron chi connectivity index (χ1n) is 11.0. The number of carbonyl (C=O) groups is 1. The van der Waals surface area contributed by atoms with Gasteiger partial charge in [-0.1, -0.05) is 36.0 Å². The molecule has 1 aliphatic rings. The fourth-order valence-corrected chi connectivity index (χ4v) is 4.57. The molecule has 4 rings (SSSR count). The number of methoxy groups -OCH3 is 2. The van der Waals surface area contributed by atoms with E-state index in [4.69, 9.17) is 18.9 Å². The number of nitrogens with zero attached hydrogens (tertiary/aromatic N) is 4. The number of thioether (sulfide) groups is 1. The molecule has 1 atom stereocenters. The van der Waals surface area contributed by atoms with Gasteiger partial charge in [-0.3, -0.25) is 9.36 Å². The summed E-state index contributed by atoms with van der Waals surface area (Å²) in [5.41, 5.74) is 0.940. The van der Waals surface area contributed by atoms with Crippen LogP contribution in [0.25, 0.3) is 0 Å². The van der Waals surface area contributed by atoms with Gasteiger partial charge in [0, 0.05) is 20.1 Å². The predicted molar refractivity (Wildman–Crippen MR) is 132 cm³/mol. The van der Waals surface area contributed by atoms with Gasteiger partial charge in [0.1, 0.15) is 6.61 Å². The van der Waals surface area contributed by atoms with Gasteiger partial charge in [0.15, 0.2) is 40.1 Å². The van der Waals surface area contributed by atoms with Crippen molar-refractivity contribution in [2.75, 3.05) is 33.6 Å². The maximum absolute atomic E-state index is 12.8. The van der Waals surface area contributed by atoms with Crippen LogP contribution in [0.2, 0.25) is 0 Å². The summed E-state index contributed by atoms with van der Waals surface area (Å²) >= 11 is 1.33. The molecule has 1 unspecified atom stereocenters. The topological polar surface area (TPSA) is 87.9 Å². The van der Waals surface area contributed by atoms with Crippen molar-refractivity contribution in [3.63, 3.8) is 0 Å². The van der Waals surface area contributed by atoms with Crippen LogP contribution in [0.15, 0.2) is 60.3 Å². The van der Waals surface area contributed by atoms with Crippen LogP contribution >= 0.6 is 11.8 Å². The second-order valence-electron chi connectivity index (χ2n) is 7.83. The van der Waals surface area contributed by atoms with Crippen LogP contribution in [0.1, 0.15) is 17.5 Å². The van der Waals surface area contributed by atoms with E-state index >= 15 is 0 Å². The Kier molecular flexibility index (Phi) is 7.81. The minimum Gasteiger partial charge on any atom is -0.493 e. The SMILES string of the molecule is C=CCn1c(SCC(=O)N(C)Cc2ccc(OC)c(OC)c2)nnc1C1COc2ccccc2O1. The molecule has 35 heavy (non-hydrogen) atoms. The molecule has 184 valence electrons. The Bertz CT molecular complexity index is 1200. The zero-order valence-electron chi connectivity index (χ0n) is 20.0. The lowest BCUT2D eigenvalue weighted by atomic mass is 10.2. The highest BCUT2D eigenvalue weighted by atomic mass is 32.2. The van der Waals surface area contributed by atoms with Gasteiger partial charge in [-0.05, 0) is 29.8 Å². The number of ether oxygens (including phenoxy) is 4. The number of fused-ring (bicyclic) bond motifs is 1. The molecule has 0 fully saturated rings. The fraction of sp³-hybridized carbons (Fsp3) is 0.320. The molecule has 2 aromatic carbocycles. The lowest BCUT2D eigenvalue weighted by molar-refractivity contribution is -0.127. The average Bonchev–Trinajstić information content (AvgIpc) is 3.29. The molecule has 0 N–H and O–H groups in total. The molecule has 0 radical (unpaired) electrons. The molecule has 3 aromatic rings. The van der Waals surface area contributed by atoms with Crippen molar-refractivity contribution in [3.8, 4) is 23.0 Å². The van der Waals surface area contributed by atoms with Gasteiger partial charge in [-0.2, -0.15) is 0 Å². The standard InChI is InChI=1S/C25H28N4O5S/c1-5-12-29-24(22-15-33-19-8-6-7-9-20(19)34-22)26-27-25(29)35-16-23(30)28(2)14-17-10-11-18(31-3)21(13-17)32-4/h5-11,13,22H,1,12,14-16H2,2-4H3. The summed E-state index contributed by atoms with van der Waals surface area (Å²) < 4.78 is 24.5. The van der Waals surface area contributed by atoms with E-state index < -0.39 is 6.10 Å². The first-order chi connectivity index (χ1) is 17.0. The van der Waals surface area contributed by atoms with Gasteiger partial charge in [-0.15, -0.1) is 16.8 Å². The van der Waals surface area contributed by atoms with Gasteiger partial charge < -0.3 is 23.8 Å². The number of hydrogen-bond acceptors (Lipinski definition) is 8. The summed E-state index contributed by atoms with van der Waals surface area (Å²) in [5, 5.41) is 9.28. The molecule has 10 heteroatoms. The number of carbonyl (C=O) groups excluding carboxylic acids is 1. The number of amides is 1. The quantitative estimate of drug-likeness (QED) is 0.310. The van der Waals surface area contributed by atoms with Crippen molar-refractivity contribution < 1.29 is 23.7 Å². The zero-order chi connectivity index (χ0) is 24.8. The molecule has 1 aliphatic heterocycles. The normalized spacial score (nSPS) is 14.3. The van der Waals surface area contributed by atoms with Crippen LogP contribution < -0.4 is 18.9 Å². The molecule has 1 aromatic heterocycles. The van der Waals surface area contributed by atoms with Crippen LogP contribution in [0.4, 0.5) is 0 Å². The summed E-state index contributed by atoms with van der Waals surface area (Å²) in [7, 11) is 4.95. The maximum Gasteiger partial charge on any atom is 0.233 e. The number of rotatable bonds is 10. The van der Waals surface area contributed by atoms with Crippen molar-refractivity contribution in [2.45, 2.75) is 24.3 Å². The summed E-state index contributed by atoms with van der Waals surface area (Å²) in [6.45, 7) is 5.10. The van der Waals surface area contributed by atoms with E-state index in [0.717, 1.165) is 5.56 Å². The van der Waals surface area contributed by atoms with Crippen LogP contribution in [-0.2, 0) is 17.9 Å². The molecule has 0 spiro atoms. The lowest BCUT2D eigenvalue weighted by Crippen LogP contribution is -2.28. The summed E-state index contributed by atoms with van der Waals surface area (Å²) in [5.74, 6) is 3.45. The maximum atomic E-state index is 12.8. The minimum absolute atomic E-state index is 0.0364. The molecule has 0 saturated carbocycles. The molecular formula is C25H28N4O5S. The lowest BCUT2D eigenvalue weighted by Gasteiger charge is -2.26. The highest BCUT2D eigenvalue weighted by Gasteiger charge is 2.28. The van der Waals surface area contributed by atoms with E-state index in [0.29, 0.717) is 53.7 Å². The summed E-state index contributed by atoms with van der Waals surface area (Å²) in [6.07, 6.45) is 1.36. The van der Waals surface area contributed by atoms with Crippen molar-refractivity contribution >= 4 is 17.7 Å². The number of hydrogen-bond donors (Lipinski definition) is 0. The van der Waals surface area contributed by atoms with Crippen LogP contribution in [0.5, 0.6) is 23.0 Å². The van der Waals surface area contributed by atoms with Crippen LogP contribution in [0, 0.1) is 0 Å². The van der Waals surface area contributed by atoms with Gasteiger partial charge in [0.05, 0.1) is 20.0 Å². The van der Waals surface area contributed by atoms with Gasteiger partial charge in [0.2, 0.25) is 5.91 Å². The average molecular weight is 497 g/mol. The largest absolute Gasteiger partial charge is 0.493 e. The molecule has 9 nitrogen and oxygen atoms in total. The second kappa shape index (κ2) is 11.2. The van der Waals surface area contributed by atoms with Crippen molar-refractivity contribution in [1.82, 2.24) is 19.7 Å². The number of aromatic nitrogens is 3. The van der Waals surface area contributed by atoms with Gasteiger partial charge in [0.25, 0.3) is 0 Å². The second-order valence-corrected chi connectivity index (χ2v) is 8.77. The smallest absolute Gasteiger partial charge is 0.233 e. The Labute approximate surface area is 208 Å². The van der Waals surface area contributed by atoms with Crippen LogP contribution in [-0.4, -0.2) is 59.2 Å². The third-order valence-electron chi connectivity index (χ3n) is 5.47.